The molecule has 3 rings (SSSR count). The maximum atomic E-state index is 12.9. The zero-order valence-electron chi connectivity index (χ0n) is 15.0. The molecule has 0 aromatic heterocycles. The van der Waals surface area contributed by atoms with Gasteiger partial charge in [-0.3, -0.25) is 4.79 Å². The number of nitrogens with zero attached hydrogens (tertiary/aromatic N) is 1. The fourth-order valence-electron chi connectivity index (χ4n) is 3.23. The lowest BCUT2D eigenvalue weighted by Crippen LogP contribution is -2.42. The summed E-state index contributed by atoms with van der Waals surface area (Å²) in [6.45, 7) is 2.76. The summed E-state index contributed by atoms with van der Waals surface area (Å²) in [5, 5.41) is 0. The topological polar surface area (TPSA) is 63.7 Å². The second-order valence-corrected chi connectivity index (χ2v) is 8.70. The smallest absolute Gasteiger partial charge is 0.254 e. The molecular weight excluding hydrogens is 350 g/mol. The van der Waals surface area contributed by atoms with Crippen LogP contribution >= 0.6 is 0 Å². The van der Waals surface area contributed by atoms with Crippen molar-refractivity contribution < 1.29 is 17.9 Å². The lowest BCUT2D eigenvalue weighted by molar-refractivity contribution is 0.0658. The largest absolute Gasteiger partial charge is 0.384 e. The van der Waals surface area contributed by atoms with E-state index in [0.717, 1.165) is 12.0 Å². The maximum Gasteiger partial charge on any atom is 0.254 e. The number of hydrogen-bond donors (Lipinski definition) is 0. The van der Waals surface area contributed by atoms with Gasteiger partial charge in [0.1, 0.15) is 0 Å². The molecule has 1 heterocycles. The highest BCUT2D eigenvalue weighted by Gasteiger charge is 2.27. The highest BCUT2D eigenvalue weighted by atomic mass is 32.2. The van der Waals surface area contributed by atoms with Crippen molar-refractivity contribution in [3.05, 3.63) is 65.2 Å². The molecule has 0 N–H and O–H groups in total. The molecule has 0 saturated heterocycles. The summed E-state index contributed by atoms with van der Waals surface area (Å²) < 4.78 is 29.2. The van der Waals surface area contributed by atoms with Crippen molar-refractivity contribution in [2.24, 2.45) is 0 Å². The average molecular weight is 373 g/mol. The number of amides is 1. The van der Waals surface area contributed by atoms with E-state index in [2.05, 4.69) is 6.07 Å². The van der Waals surface area contributed by atoms with Crippen LogP contribution in [0.15, 0.2) is 53.4 Å². The van der Waals surface area contributed by atoms with Crippen molar-refractivity contribution in [2.75, 3.05) is 19.5 Å². The van der Waals surface area contributed by atoms with E-state index in [9.17, 15) is 13.2 Å². The number of carbonyl (C=O) groups is 1. The molecule has 1 amide bonds. The molecule has 5 nitrogen and oxygen atoms in total. The Morgan fingerprint density at radius 3 is 2.42 bits per heavy atom. The zero-order chi connectivity index (χ0) is 18.7. The second kappa shape index (κ2) is 7.60. The molecule has 138 valence electrons. The molecule has 2 aromatic rings. The summed E-state index contributed by atoms with van der Waals surface area (Å²) >= 11 is 0. The molecule has 0 saturated carbocycles. The first kappa shape index (κ1) is 18.6. The Kier molecular flexibility index (Phi) is 5.44. The van der Waals surface area contributed by atoms with E-state index in [1.807, 2.05) is 30.0 Å². The lowest BCUT2D eigenvalue weighted by Gasteiger charge is -2.35. The monoisotopic (exact) mass is 373 g/mol. The van der Waals surface area contributed by atoms with Gasteiger partial charge in [-0.2, -0.15) is 0 Å². The number of benzene rings is 2. The van der Waals surface area contributed by atoms with Gasteiger partial charge in [0, 0.05) is 25.3 Å². The van der Waals surface area contributed by atoms with Crippen LogP contribution in [0.3, 0.4) is 0 Å². The van der Waals surface area contributed by atoms with E-state index in [4.69, 9.17) is 4.74 Å². The third-order valence-corrected chi connectivity index (χ3v) is 6.48. The number of fused-ring (bicyclic) bond motifs is 1. The van der Waals surface area contributed by atoms with Crippen LogP contribution in [-0.4, -0.2) is 44.7 Å². The molecule has 1 atom stereocenters. The highest BCUT2D eigenvalue weighted by molar-refractivity contribution is 7.91. The standard InChI is InChI=1S/C20H23NO4S/c1-15-13-17-5-3-4-6-18(17)14-21(15)20(22)16-7-9-19(10-8-16)26(23,24)12-11-25-2/h3-10,15H,11-14H2,1-2H3. The van der Waals surface area contributed by atoms with Gasteiger partial charge in [0.05, 0.1) is 17.3 Å². The maximum absolute atomic E-state index is 12.9. The van der Waals surface area contributed by atoms with Crippen LogP contribution < -0.4 is 0 Å². The predicted molar refractivity (Wildman–Crippen MR) is 99.9 cm³/mol. The van der Waals surface area contributed by atoms with Crippen molar-refractivity contribution in [1.29, 1.82) is 0 Å². The first-order valence-electron chi connectivity index (χ1n) is 8.62. The summed E-state index contributed by atoms with van der Waals surface area (Å²) in [5.74, 6) is -0.149. The summed E-state index contributed by atoms with van der Waals surface area (Å²) in [4.78, 5) is 15.0. The Bertz CT molecular complexity index is 890. The van der Waals surface area contributed by atoms with Crippen molar-refractivity contribution in [1.82, 2.24) is 4.90 Å². The van der Waals surface area contributed by atoms with Crippen LogP contribution in [0.4, 0.5) is 0 Å². The summed E-state index contributed by atoms with van der Waals surface area (Å²) in [7, 11) is -1.92. The van der Waals surface area contributed by atoms with Gasteiger partial charge in [0.25, 0.3) is 5.91 Å². The Labute approximate surface area is 154 Å². The zero-order valence-corrected chi connectivity index (χ0v) is 15.8. The van der Waals surface area contributed by atoms with Crippen molar-refractivity contribution in [3.63, 3.8) is 0 Å². The van der Waals surface area contributed by atoms with Crippen LogP contribution in [0.2, 0.25) is 0 Å². The minimum atomic E-state index is -3.39. The minimum Gasteiger partial charge on any atom is -0.384 e. The molecule has 0 bridgehead atoms. The quantitative estimate of drug-likeness (QED) is 0.808. The number of carbonyl (C=O) groups excluding carboxylic acids is 1. The first-order valence-corrected chi connectivity index (χ1v) is 10.3. The molecule has 0 radical (unpaired) electrons. The van der Waals surface area contributed by atoms with Crippen LogP contribution in [-0.2, 0) is 27.5 Å². The number of methoxy groups -OCH3 is 1. The summed E-state index contributed by atoms with van der Waals surface area (Å²) in [6.07, 6.45) is 0.825. The van der Waals surface area contributed by atoms with E-state index in [1.54, 1.807) is 12.1 Å². The third-order valence-electron chi connectivity index (χ3n) is 4.78. The number of ether oxygens (including phenoxy) is 1. The molecule has 1 aliphatic rings. The SMILES string of the molecule is COCCS(=O)(=O)c1ccc(C(=O)N2Cc3ccccc3CC2C)cc1. The Morgan fingerprint density at radius 1 is 1.12 bits per heavy atom. The van der Waals surface area contributed by atoms with Crippen molar-refractivity contribution in [3.8, 4) is 0 Å². The molecule has 0 spiro atoms. The first-order chi connectivity index (χ1) is 12.4. The van der Waals surface area contributed by atoms with E-state index in [0.29, 0.717) is 12.1 Å². The van der Waals surface area contributed by atoms with Crippen molar-refractivity contribution in [2.45, 2.75) is 30.8 Å². The normalized spacial score (nSPS) is 17.0. The second-order valence-electron chi connectivity index (χ2n) is 6.59. The summed E-state index contributed by atoms with van der Waals surface area (Å²) in [6, 6.07) is 14.4. The molecule has 1 unspecified atom stereocenters. The molecule has 2 aromatic carbocycles. The van der Waals surface area contributed by atoms with Crippen LogP contribution in [0.5, 0.6) is 0 Å². The highest BCUT2D eigenvalue weighted by Crippen LogP contribution is 2.25. The van der Waals surface area contributed by atoms with E-state index in [-0.39, 0.29) is 29.2 Å². The average Bonchev–Trinajstić information content (AvgIpc) is 2.65. The van der Waals surface area contributed by atoms with Gasteiger partial charge in [-0.05, 0) is 48.7 Å². The molecule has 26 heavy (non-hydrogen) atoms. The predicted octanol–water partition coefficient (Wildman–Crippen LogP) is 2.69. The van der Waals surface area contributed by atoms with Gasteiger partial charge in [0.15, 0.2) is 9.84 Å². The van der Waals surface area contributed by atoms with Crippen molar-refractivity contribution >= 4 is 15.7 Å². The van der Waals surface area contributed by atoms with E-state index >= 15 is 0 Å². The van der Waals surface area contributed by atoms with Gasteiger partial charge in [-0.25, -0.2) is 8.42 Å². The molecule has 0 aliphatic carbocycles. The van der Waals surface area contributed by atoms with Crippen LogP contribution in [0.1, 0.15) is 28.4 Å². The molecule has 6 heteroatoms. The number of rotatable bonds is 5. The number of sulfone groups is 1. The summed E-state index contributed by atoms with van der Waals surface area (Å²) in [5.41, 5.74) is 2.95. The fourth-order valence-corrected chi connectivity index (χ4v) is 4.40. The number of hydrogen-bond acceptors (Lipinski definition) is 4. The molecular formula is C20H23NO4S. The van der Waals surface area contributed by atoms with Gasteiger partial charge >= 0.3 is 0 Å². The Balaban J connectivity index is 1.78. The van der Waals surface area contributed by atoms with Gasteiger partial charge in [-0.15, -0.1) is 0 Å². The van der Waals surface area contributed by atoms with Gasteiger partial charge in [0.2, 0.25) is 0 Å². The Hall–Kier alpha value is -2.18. The third kappa shape index (κ3) is 3.81. The lowest BCUT2D eigenvalue weighted by atomic mass is 9.94. The van der Waals surface area contributed by atoms with Gasteiger partial charge < -0.3 is 9.64 Å². The van der Waals surface area contributed by atoms with E-state index in [1.165, 1.54) is 24.8 Å². The molecule has 0 fully saturated rings. The fraction of sp³-hybridized carbons (Fsp3) is 0.350. The van der Waals surface area contributed by atoms with Crippen LogP contribution in [0, 0.1) is 0 Å². The molecule has 1 aliphatic heterocycles. The van der Waals surface area contributed by atoms with Gasteiger partial charge in [-0.1, -0.05) is 24.3 Å². The Morgan fingerprint density at radius 2 is 1.77 bits per heavy atom. The van der Waals surface area contributed by atoms with E-state index < -0.39 is 9.84 Å². The minimum absolute atomic E-state index is 0.0727. The van der Waals surface area contributed by atoms with Crippen LogP contribution in [0.25, 0.3) is 0 Å².